The van der Waals surface area contributed by atoms with Gasteiger partial charge >= 0.3 is 0 Å². The lowest BCUT2D eigenvalue weighted by Crippen LogP contribution is -2.42. The summed E-state index contributed by atoms with van der Waals surface area (Å²) in [4.78, 5) is 14.0. The van der Waals surface area contributed by atoms with E-state index in [-0.39, 0.29) is 30.0 Å². The lowest BCUT2D eigenvalue weighted by Gasteiger charge is -2.33. The second-order valence-electron chi connectivity index (χ2n) is 7.02. The summed E-state index contributed by atoms with van der Waals surface area (Å²) in [6, 6.07) is 4.20. The molecule has 1 aliphatic heterocycles. The fraction of sp³-hybridized carbons (Fsp3) is 0.600. The van der Waals surface area contributed by atoms with Crippen molar-refractivity contribution >= 4 is 41.3 Å². The fourth-order valence-corrected chi connectivity index (χ4v) is 3.95. The molecular formula is C20H32IN5O2S. The molecule has 9 heteroatoms. The van der Waals surface area contributed by atoms with Gasteiger partial charge in [-0.25, -0.2) is 4.98 Å². The maximum absolute atomic E-state index is 5.96. The molecule has 2 aromatic rings. The summed E-state index contributed by atoms with van der Waals surface area (Å²) < 4.78 is 11.5. The van der Waals surface area contributed by atoms with Crippen LogP contribution in [0.25, 0.3) is 0 Å². The first-order valence-corrected chi connectivity index (χ1v) is 10.7. The van der Waals surface area contributed by atoms with Crippen LogP contribution in [0, 0.1) is 13.8 Å². The zero-order valence-electron chi connectivity index (χ0n) is 17.7. The summed E-state index contributed by atoms with van der Waals surface area (Å²) in [7, 11) is 2.05. The molecule has 0 radical (unpaired) electrons. The Labute approximate surface area is 194 Å². The number of hydrogen-bond acceptors (Lipinski definition) is 6. The van der Waals surface area contributed by atoms with Gasteiger partial charge in [-0.1, -0.05) is 0 Å². The van der Waals surface area contributed by atoms with Gasteiger partial charge in [0.25, 0.3) is 0 Å². The Bertz CT molecular complexity index is 773. The molecule has 1 fully saturated rings. The van der Waals surface area contributed by atoms with Crippen LogP contribution in [0.5, 0.6) is 0 Å². The Morgan fingerprint density at radius 1 is 1.34 bits per heavy atom. The molecule has 0 saturated carbocycles. The maximum atomic E-state index is 5.96. The van der Waals surface area contributed by atoms with Crippen molar-refractivity contribution in [3.05, 3.63) is 39.7 Å². The number of halogens is 1. The quantitative estimate of drug-likeness (QED) is 0.334. The van der Waals surface area contributed by atoms with E-state index in [4.69, 9.17) is 14.1 Å². The van der Waals surface area contributed by atoms with Crippen LogP contribution >= 0.6 is 35.3 Å². The van der Waals surface area contributed by atoms with Gasteiger partial charge in [0, 0.05) is 32.1 Å². The lowest BCUT2D eigenvalue weighted by atomic mass is 10.1. The van der Waals surface area contributed by atoms with Crippen molar-refractivity contribution in [2.24, 2.45) is 4.99 Å². The Morgan fingerprint density at radius 2 is 2.10 bits per heavy atom. The van der Waals surface area contributed by atoms with Gasteiger partial charge in [-0.2, -0.15) is 0 Å². The predicted octanol–water partition coefficient (Wildman–Crippen LogP) is 3.44. The lowest BCUT2D eigenvalue weighted by molar-refractivity contribution is 0.0135. The molecule has 3 rings (SSSR count). The molecule has 0 aromatic carbocycles. The Kier molecular flexibility index (Phi) is 9.87. The molecule has 2 aromatic heterocycles. The van der Waals surface area contributed by atoms with E-state index < -0.39 is 0 Å². The molecule has 0 aliphatic carbocycles. The molecule has 3 heterocycles. The number of ether oxygens (including phenoxy) is 1. The van der Waals surface area contributed by atoms with E-state index in [2.05, 4.69) is 45.5 Å². The number of nitrogens with zero attached hydrogens (tertiary/aromatic N) is 4. The van der Waals surface area contributed by atoms with Crippen molar-refractivity contribution in [2.75, 3.05) is 46.4 Å². The normalized spacial score (nSPS) is 16.3. The monoisotopic (exact) mass is 533 g/mol. The first-order valence-electron chi connectivity index (χ1n) is 9.85. The van der Waals surface area contributed by atoms with E-state index in [9.17, 15) is 0 Å². The smallest absolute Gasteiger partial charge is 0.194 e. The van der Waals surface area contributed by atoms with Gasteiger partial charge in [-0.05, 0) is 32.9 Å². The van der Waals surface area contributed by atoms with E-state index in [0.29, 0.717) is 6.54 Å². The summed E-state index contributed by atoms with van der Waals surface area (Å²) in [5.41, 5.74) is 1.07. The maximum Gasteiger partial charge on any atom is 0.194 e. The number of nitrogens with one attached hydrogen (secondary N) is 1. The molecule has 29 heavy (non-hydrogen) atoms. The van der Waals surface area contributed by atoms with Crippen molar-refractivity contribution < 1.29 is 9.15 Å². The first kappa shape index (κ1) is 24.1. The molecular weight excluding hydrogens is 501 g/mol. The third-order valence-corrected chi connectivity index (χ3v) is 5.57. The van der Waals surface area contributed by atoms with E-state index in [1.165, 1.54) is 0 Å². The Hall–Kier alpha value is -1.17. The number of furan rings is 1. The van der Waals surface area contributed by atoms with Crippen LogP contribution in [0.4, 0.5) is 0 Å². The zero-order valence-corrected chi connectivity index (χ0v) is 20.8. The Balaban J connectivity index is 0.00000300. The fourth-order valence-electron chi connectivity index (χ4n) is 3.35. The van der Waals surface area contributed by atoms with Crippen molar-refractivity contribution in [1.82, 2.24) is 20.1 Å². The molecule has 1 saturated heterocycles. The van der Waals surface area contributed by atoms with Gasteiger partial charge in [-0.3, -0.25) is 9.89 Å². The minimum Gasteiger partial charge on any atom is -0.465 e. The van der Waals surface area contributed by atoms with Crippen LogP contribution in [0.3, 0.4) is 0 Å². The van der Waals surface area contributed by atoms with E-state index in [0.717, 1.165) is 67.6 Å². The number of guanidine groups is 1. The van der Waals surface area contributed by atoms with Gasteiger partial charge in [0.15, 0.2) is 5.96 Å². The van der Waals surface area contributed by atoms with Gasteiger partial charge in [0.05, 0.1) is 43.0 Å². The average Bonchev–Trinajstić information content (AvgIpc) is 3.30. The van der Waals surface area contributed by atoms with Gasteiger partial charge in [-0.15, -0.1) is 35.3 Å². The molecule has 0 spiro atoms. The largest absolute Gasteiger partial charge is 0.465 e. The third kappa shape index (κ3) is 6.94. The number of rotatable bonds is 7. The zero-order chi connectivity index (χ0) is 19.9. The van der Waals surface area contributed by atoms with Gasteiger partial charge < -0.3 is 19.4 Å². The molecule has 7 nitrogen and oxygen atoms in total. The molecule has 0 bridgehead atoms. The van der Waals surface area contributed by atoms with E-state index >= 15 is 0 Å². The number of morpholine rings is 1. The molecule has 0 amide bonds. The second kappa shape index (κ2) is 11.9. The molecule has 1 aliphatic rings. The molecule has 1 unspecified atom stereocenters. The highest BCUT2D eigenvalue weighted by molar-refractivity contribution is 14.0. The highest BCUT2D eigenvalue weighted by Gasteiger charge is 2.25. The highest BCUT2D eigenvalue weighted by atomic mass is 127. The number of aromatic nitrogens is 1. The Morgan fingerprint density at radius 3 is 2.69 bits per heavy atom. The third-order valence-electron chi connectivity index (χ3n) is 4.75. The SMILES string of the molecule is CCNC(=NCC(c1ccc(C)o1)N1CCOCC1)N(C)Cc1csc(C)n1.I. The summed E-state index contributed by atoms with van der Waals surface area (Å²) in [6.45, 7) is 11.6. The minimum atomic E-state index is 0. The topological polar surface area (TPSA) is 66.1 Å². The van der Waals surface area contributed by atoms with E-state index in [1.54, 1.807) is 11.3 Å². The summed E-state index contributed by atoms with van der Waals surface area (Å²) in [5.74, 6) is 2.78. The van der Waals surface area contributed by atoms with Crippen molar-refractivity contribution in [3.63, 3.8) is 0 Å². The van der Waals surface area contributed by atoms with Gasteiger partial charge in [0.2, 0.25) is 0 Å². The second-order valence-corrected chi connectivity index (χ2v) is 8.08. The predicted molar refractivity (Wildman–Crippen MR) is 128 cm³/mol. The van der Waals surface area contributed by atoms with Crippen molar-refractivity contribution in [1.29, 1.82) is 0 Å². The van der Waals surface area contributed by atoms with Crippen LogP contribution in [0.1, 0.15) is 35.2 Å². The molecule has 162 valence electrons. The van der Waals surface area contributed by atoms with E-state index in [1.807, 2.05) is 19.9 Å². The molecule has 1 N–H and O–H groups in total. The highest BCUT2D eigenvalue weighted by Crippen LogP contribution is 2.24. The van der Waals surface area contributed by atoms with Crippen LogP contribution in [-0.2, 0) is 11.3 Å². The van der Waals surface area contributed by atoms with Crippen LogP contribution in [0.2, 0.25) is 0 Å². The number of aliphatic imine (C=N–C) groups is 1. The first-order chi connectivity index (χ1) is 13.6. The van der Waals surface area contributed by atoms with Crippen molar-refractivity contribution in [2.45, 2.75) is 33.4 Å². The summed E-state index contributed by atoms with van der Waals surface area (Å²) in [6.07, 6.45) is 0. The van der Waals surface area contributed by atoms with Crippen LogP contribution in [0.15, 0.2) is 26.9 Å². The van der Waals surface area contributed by atoms with Gasteiger partial charge in [0.1, 0.15) is 11.5 Å². The van der Waals surface area contributed by atoms with Crippen LogP contribution < -0.4 is 5.32 Å². The summed E-state index contributed by atoms with van der Waals surface area (Å²) in [5, 5.41) is 6.60. The minimum absolute atomic E-state index is 0. The number of hydrogen-bond donors (Lipinski definition) is 1. The number of thiazole rings is 1. The van der Waals surface area contributed by atoms with Crippen LogP contribution in [-0.4, -0.2) is 67.2 Å². The summed E-state index contributed by atoms with van der Waals surface area (Å²) >= 11 is 1.68. The van der Waals surface area contributed by atoms with Crippen molar-refractivity contribution in [3.8, 4) is 0 Å². The average molecular weight is 533 g/mol. The molecule has 1 atom stereocenters. The standard InChI is InChI=1S/C20H31N5O2S.HI/c1-5-21-20(24(4)13-17-14-28-16(3)23-17)22-12-18(19-7-6-15(2)27-19)25-8-10-26-11-9-25;/h6-7,14,18H,5,8-13H2,1-4H3,(H,21,22);1H. The number of aryl methyl sites for hydroxylation is 2.